The Kier molecular flexibility index (Phi) is 2.43. The largest absolute Gasteiger partial charge is 0.733 e. The molecule has 1 saturated heterocycles. The Labute approximate surface area is 98.0 Å². The normalized spacial score (nSPS) is 26.5. The van der Waals surface area contributed by atoms with Crippen molar-refractivity contribution in [3.63, 3.8) is 0 Å². The van der Waals surface area contributed by atoms with Crippen molar-refractivity contribution >= 4 is 5.69 Å². The molecule has 2 aliphatic heterocycles. The molecule has 0 spiro atoms. The van der Waals surface area contributed by atoms with E-state index in [1.807, 2.05) is 0 Å². The highest BCUT2D eigenvalue weighted by Gasteiger charge is 2.31. The summed E-state index contributed by atoms with van der Waals surface area (Å²) in [6.07, 6.45) is 1.09. The maximum atomic E-state index is 12.0. The predicted molar refractivity (Wildman–Crippen MR) is 62.1 cm³/mol. The number of pyridine rings is 1. The van der Waals surface area contributed by atoms with Crippen LogP contribution in [0.4, 0.5) is 5.69 Å². The molecule has 6 nitrogen and oxygen atoms in total. The summed E-state index contributed by atoms with van der Waals surface area (Å²) in [5.74, 6) is 0.774. The van der Waals surface area contributed by atoms with Crippen molar-refractivity contribution < 1.29 is 5.21 Å². The molecule has 0 amide bonds. The smallest absolute Gasteiger partial charge is 0.275 e. The Morgan fingerprint density at radius 2 is 2.29 bits per heavy atom. The molecule has 0 radical (unpaired) electrons. The SMILES string of the molecule is O=c1c(N([O-])O)ccc2n1C[C@H]1CNC[C@@H]2C1. The van der Waals surface area contributed by atoms with E-state index in [1.165, 1.54) is 6.07 Å². The molecule has 1 fully saturated rings. The molecule has 2 atom stereocenters. The third kappa shape index (κ3) is 1.65. The van der Waals surface area contributed by atoms with E-state index in [9.17, 15) is 10.0 Å². The fraction of sp³-hybridized carbons (Fsp3) is 0.545. The first kappa shape index (κ1) is 10.8. The van der Waals surface area contributed by atoms with E-state index in [0.717, 1.165) is 25.2 Å². The zero-order valence-electron chi connectivity index (χ0n) is 9.30. The van der Waals surface area contributed by atoms with E-state index in [1.54, 1.807) is 10.6 Å². The van der Waals surface area contributed by atoms with Crippen molar-refractivity contribution in [1.82, 2.24) is 9.88 Å². The van der Waals surface area contributed by atoms with Crippen molar-refractivity contribution in [1.29, 1.82) is 0 Å². The van der Waals surface area contributed by atoms with Crippen molar-refractivity contribution in [3.05, 3.63) is 33.4 Å². The van der Waals surface area contributed by atoms with Crippen LogP contribution in [0.15, 0.2) is 16.9 Å². The van der Waals surface area contributed by atoms with Gasteiger partial charge in [0.1, 0.15) is 5.69 Å². The van der Waals surface area contributed by atoms with Crippen LogP contribution < -0.4 is 16.1 Å². The van der Waals surface area contributed by atoms with Crippen molar-refractivity contribution in [3.8, 4) is 0 Å². The molecule has 92 valence electrons. The van der Waals surface area contributed by atoms with Crippen molar-refractivity contribution in [2.45, 2.75) is 18.9 Å². The Bertz CT molecular complexity index is 497. The molecule has 6 heteroatoms. The average molecular weight is 236 g/mol. The van der Waals surface area contributed by atoms with Gasteiger partial charge in [0.25, 0.3) is 5.56 Å². The molecule has 2 bridgehead atoms. The van der Waals surface area contributed by atoms with Gasteiger partial charge in [-0.15, -0.1) is 0 Å². The van der Waals surface area contributed by atoms with Gasteiger partial charge in [-0.3, -0.25) is 10.0 Å². The van der Waals surface area contributed by atoms with Crippen molar-refractivity contribution in [2.75, 3.05) is 18.3 Å². The summed E-state index contributed by atoms with van der Waals surface area (Å²) in [4.78, 5) is 12.0. The minimum Gasteiger partial charge on any atom is -0.733 e. The summed E-state index contributed by atoms with van der Waals surface area (Å²) < 4.78 is 1.64. The number of aromatic nitrogens is 1. The first-order valence-corrected chi connectivity index (χ1v) is 5.77. The molecule has 17 heavy (non-hydrogen) atoms. The third-order valence-electron chi connectivity index (χ3n) is 3.69. The zero-order valence-corrected chi connectivity index (χ0v) is 9.30. The van der Waals surface area contributed by atoms with E-state index >= 15 is 0 Å². The Morgan fingerprint density at radius 3 is 3.06 bits per heavy atom. The van der Waals surface area contributed by atoms with Gasteiger partial charge in [-0.1, -0.05) is 0 Å². The first-order valence-electron chi connectivity index (χ1n) is 5.77. The quantitative estimate of drug-likeness (QED) is 0.683. The Hall–Kier alpha value is -1.37. The maximum Gasteiger partial charge on any atom is 0.275 e. The number of nitrogens with zero attached hydrogens (tertiary/aromatic N) is 2. The van der Waals surface area contributed by atoms with Crippen LogP contribution in [-0.2, 0) is 6.54 Å². The standard InChI is InChI=1S/C11H14N3O3/c15-11-10(14(16)17)2-1-9-8-3-7(4-12-5-8)6-13(9)11/h1-2,7-8,12,16H,3-6H2/q-1/t7-,8+/m1/s1. The molecule has 0 saturated carbocycles. The second kappa shape index (κ2) is 3.83. The lowest BCUT2D eigenvalue weighted by atomic mass is 9.84. The lowest BCUT2D eigenvalue weighted by molar-refractivity contribution is 0.254. The van der Waals surface area contributed by atoms with Gasteiger partial charge in [-0.25, -0.2) is 0 Å². The predicted octanol–water partition coefficient (Wildman–Crippen LogP) is 0.248. The van der Waals surface area contributed by atoms with Crippen LogP contribution in [0, 0.1) is 11.1 Å². The van der Waals surface area contributed by atoms with Crippen molar-refractivity contribution in [2.24, 2.45) is 5.92 Å². The van der Waals surface area contributed by atoms with E-state index < -0.39 is 5.56 Å². The van der Waals surface area contributed by atoms with Crippen LogP contribution in [0.3, 0.4) is 0 Å². The number of fused-ring (bicyclic) bond motifs is 4. The minimum atomic E-state index is -0.392. The number of hydrogen-bond acceptors (Lipinski definition) is 5. The fourth-order valence-corrected chi connectivity index (χ4v) is 2.92. The van der Waals surface area contributed by atoms with Gasteiger partial charge in [0.15, 0.2) is 0 Å². The molecule has 3 heterocycles. The second-order valence-corrected chi connectivity index (χ2v) is 4.79. The summed E-state index contributed by atoms with van der Waals surface area (Å²) in [5, 5.41) is 22.7. The third-order valence-corrected chi connectivity index (χ3v) is 3.69. The average Bonchev–Trinajstić information content (AvgIpc) is 2.30. The lowest BCUT2D eigenvalue weighted by Gasteiger charge is -2.38. The summed E-state index contributed by atoms with van der Waals surface area (Å²) in [6.45, 7) is 2.40. The fourth-order valence-electron chi connectivity index (χ4n) is 2.92. The zero-order chi connectivity index (χ0) is 12.0. The molecular formula is C11H14N3O3-. The molecule has 0 unspecified atom stereocenters. The topological polar surface area (TPSA) is 80.6 Å². The van der Waals surface area contributed by atoms with Gasteiger partial charge in [0.2, 0.25) is 0 Å². The summed E-state index contributed by atoms with van der Waals surface area (Å²) in [6, 6.07) is 3.17. The molecule has 3 rings (SSSR count). The molecular weight excluding hydrogens is 222 g/mol. The van der Waals surface area contributed by atoms with Gasteiger partial charge >= 0.3 is 0 Å². The van der Waals surface area contributed by atoms with Crippen LogP contribution in [0.2, 0.25) is 0 Å². The van der Waals surface area contributed by atoms with Gasteiger partial charge in [0.05, 0.1) is 0 Å². The number of nitrogens with one attached hydrogen (secondary N) is 1. The monoisotopic (exact) mass is 236 g/mol. The highest BCUT2D eigenvalue weighted by atomic mass is 16.8. The second-order valence-electron chi connectivity index (χ2n) is 4.79. The number of anilines is 1. The number of piperidine rings is 1. The van der Waals surface area contributed by atoms with Crippen LogP contribution in [0.25, 0.3) is 0 Å². The first-order chi connectivity index (χ1) is 8.16. The van der Waals surface area contributed by atoms with E-state index in [-0.39, 0.29) is 10.9 Å². The molecule has 1 aromatic heterocycles. The number of rotatable bonds is 1. The Balaban J connectivity index is 2.12. The molecule has 0 aliphatic carbocycles. The minimum absolute atomic E-state index is 0.207. The Morgan fingerprint density at radius 1 is 1.47 bits per heavy atom. The summed E-state index contributed by atoms with van der Waals surface area (Å²) >= 11 is 0. The lowest BCUT2D eigenvalue weighted by Crippen LogP contribution is -2.45. The number of hydrogen-bond donors (Lipinski definition) is 2. The van der Waals surface area contributed by atoms with Gasteiger partial charge in [0, 0.05) is 24.7 Å². The molecule has 1 aromatic rings. The van der Waals surface area contributed by atoms with Crippen LogP contribution in [0.5, 0.6) is 0 Å². The van der Waals surface area contributed by atoms with Gasteiger partial charge in [-0.2, -0.15) is 0 Å². The molecule has 2 N–H and O–H groups in total. The van der Waals surface area contributed by atoms with Crippen LogP contribution >= 0.6 is 0 Å². The summed E-state index contributed by atoms with van der Waals surface area (Å²) in [5.41, 5.74) is 0.363. The maximum absolute atomic E-state index is 12.0. The highest BCUT2D eigenvalue weighted by molar-refractivity contribution is 5.43. The highest BCUT2D eigenvalue weighted by Crippen LogP contribution is 2.32. The molecule has 2 aliphatic rings. The van der Waals surface area contributed by atoms with E-state index in [4.69, 9.17) is 5.21 Å². The molecule has 0 aromatic carbocycles. The summed E-state index contributed by atoms with van der Waals surface area (Å²) in [7, 11) is 0. The van der Waals surface area contributed by atoms with Gasteiger partial charge in [-0.05, 0) is 31.0 Å². The van der Waals surface area contributed by atoms with Crippen LogP contribution in [0.1, 0.15) is 18.0 Å². The van der Waals surface area contributed by atoms with E-state index in [2.05, 4.69) is 5.32 Å². The van der Waals surface area contributed by atoms with Crippen LogP contribution in [-0.4, -0.2) is 22.9 Å². The van der Waals surface area contributed by atoms with E-state index in [0.29, 0.717) is 18.4 Å². The van der Waals surface area contributed by atoms with Gasteiger partial charge < -0.3 is 20.3 Å².